The Kier molecular flexibility index (Phi) is 5.56. The standard InChI is InChI=1S/C18H32N2O/c21-18(11-10-15-6-2-1-3-7-15)20-13-5-9-17(20)16-8-4-12-19-14-16/h15-17,19H,1-14H2. The molecule has 2 atom stereocenters. The molecule has 0 bridgehead atoms. The number of hydrogen-bond donors (Lipinski definition) is 1. The first-order valence-electron chi connectivity index (χ1n) is 9.35. The second-order valence-electron chi connectivity index (χ2n) is 7.45. The van der Waals surface area contributed by atoms with E-state index in [1.807, 2.05) is 0 Å². The summed E-state index contributed by atoms with van der Waals surface area (Å²) in [6.45, 7) is 3.31. The van der Waals surface area contributed by atoms with E-state index in [0.29, 0.717) is 17.9 Å². The summed E-state index contributed by atoms with van der Waals surface area (Å²) in [4.78, 5) is 14.9. The lowest BCUT2D eigenvalue weighted by Gasteiger charge is -2.34. The molecule has 0 aromatic carbocycles. The Bertz CT molecular complexity index is 332. The van der Waals surface area contributed by atoms with Gasteiger partial charge in [0.1, 0.15) is 0 Å². The molecule has 3 fully saturated rings. The van der Waals surface area contributed by atoms with E-state index in [2.05, 4.69) is 10.2 Å². The Balaban J connectivity index is 1.48. The van der Waals surface area contributed by atoms with E-state index in [0.717, 1.165) is 31.8 Å². The molecule has 0 radical (unpaired) electrons. The summed E-state index contributed by atoms with van der Waals surface area (Å²) in [5.41, 5.74) is 0. The van der Waals surface area contributed by atoms with Crippen molar-refractivity contribution in [3.05, 3.63) is 0 Å². The molecule has 1 amide bonds. The number of nitrogens with one attached hydrogen (secondary N) is 1. The average Bonchev–Trinajstić information content (AvgIpc) is 3.04. The van der Waals surface area contributed by atoms with Crippen LogP contribution in [-0.2, 0) is 4.79 Å². The number of likely N-dealkylation sites (tertiary alicyclic amines) is 1. The van der Waals surface area contributed by atoms with Gasteiger partial charge in [0.15, 0.2) is 0 Å². The van der Waals surface area contributed by atoms with Crippen LogP contribution in [0.4, 0.5) is 0 Å². The predicted molar refractivity (Wildman–Crippen MR) is 86.1 cm³/mol. The van der Waals surface area contributed by atoms with Gasteiger partial charge < -0.3 is 10.2 Å². The molecular weight excluding hydrogens is 260 g/mol. The number of carbonyl (C=O) groups is 1. The van der Waals surface area contributed by atoms with E-state index in [1.165, 1.54) is 64.3 Å². The van der Waals surface area contributed by atoms with Crippen LogP contribution in [0.5, 0.6) is 0 Å². The number of rotatable bonds is 4. The largest absolute Gasteiger partial charge is 0.339 e. The van der Waals surface area contributed by atoms with Gasteiger partial charge in [0, 0.05) is 19.0 Å². The zero-order valence-corrected chi connectivity index (χ0v) is 13.5. The SMILES string of the molecule is O=C(CCC1CCCCC1)N1CCCC1C1CCCNC1. The quantitative estimate of drug-likeness (QED) is 0.862. The van der Waals surface area contributed by atoms with Gasteiger partial charge in [0.05, 0.1) is 0 Å². The molecule has 0 aromatic heterocycles. The molecule has 2 aliphatic heterocycles. The lowest BCUT2D eigenvalue weighted by atomic mass is 9.86. The molecule has 3 rings (SSSR count). The molecule has 120 valence electrons. The van der Waals surface area contributed by atoms with Gasteiger partial charge in [-0.2, -0.15) is 0 Å². The van der Waals surface area contributed by atoms with Crippen molar-refractivity contribution in [1.29, 1.82) is 0 Å². The maximum Gasteiger partial charge on any atom is 0.222 e. The Morgan fingerprint density at radius 1 is 1.00 bits per heavy atom. The van der Waals surface area contributed by atoms with Gasteiger partial charge in [-0.25, -0.2) is 0 Å². The number of hydrogen-bond acceptors (Lipinski definition) is 2. The molecule has 3 nitrogen and oxygen atoms in total. The van der Waals surface area contributed by atoms with E-state index >= 15 is 0 Å². The van der Waals surface area contributed by atoms with E-state index < -0.39 is 0 Å². The summed E-state index contributed by atoms with van der Waals surface area (Å²) < 4.78 is 0. The third kappa shape index (κ3) is 4.00. The maximum atomic E-state index is 12.6. The highest BCUT2D eigenvalue weighted by atomic mass is 16.2. The highest BCUT2D eigenvalue weighted by molar-refractivity contribution is 5.76. The molecule has 0 aromatic rings. The third-order valence-electron chi connectivity index (χ3n) is 5.99. The fourth-order valence-corrected chi connectivity index (χ4v) is 4.75. The minimum absolute atomic E-state index is 0.452. The van der Waals surface area contributed by atoms with Crippen LogP contribution in [-0.4, -0.2) is 36.5 Å². The second-order valence-corrected chi connectivity index (χ2v) is 7.45. The van der Waals surface area contributed by atoms with Crippen molar-refractivity contribution in [2.45, 2.75) is 76.7 Å². The van der Waals surface area contributed by atoms with Crippen molar-refractivity contribution in [3.8, 4) is 0 Å². The van der Waals surface area contributed by atoms with E-state index in [1.54, 1.807) is 0 Å². The van der Waals surface area contributed by atoms with Gasteiger partial charge >= 0.3 is 0 Å². The molecule has 1 N–H and O–H groups in total. The van der Waals surface area contributed by atoms with Gasteiger partial charge in [-0.1, -0.05) is 32.1 Å². The van der Waals surface area contributed by atoms with Crippen LogP contribution in [0.2, 0.25) is 0 Å². The Morgan fingerprint density at radius 3 is 2.62 bits per heavy atom. The summed E-state index contributed by atoms with van der Waals surface area (Å²) in [7, 11) is 0. The molecule has 1 aliphatic carbocycles. The number of carbonyl (C=O) groups excluding carboxylic acids is 1. The van der Waals surface area contributed by atoms with Gasteiger partial charge in [0.25, 0.3) is 0 Å². The van der Waals surface area contributed by atoms with Crippen LogP contribution in [0, 0.1) is 11.8 Å². The molecular formula is C18H32N2O. The highest BCUT2D eigenvalue weighted by Crippen LogP contribution is 2.31. The number of piperidine rings is 1. The first-order chi connectivity index (χ1) is 10.3. The fraction of sp³-hybridized carbons (Fsp3) is 0.944. The number of amides is 1. The lowest BCUT2D eigenvalue weighted by Crippen LogP contribution is -2.45. The van der Waals surface area contributed by atoms with Gasteiger partial charge in [0.2, 0.25) is 5.91 Å². The van der Waals surface area contributed by atoms with Crippen LogP contribution in [0.15, 0.2) is 0 Å². The molecule has 0 spiro atoms. The summed E-state index contributed by atoms with van der Waals surface area (Å²) in [6, 6.07) is 0.539. The topological polar surface area (TPSA) is 32.3 Å². The summed E-state index contributed by atoms with van der Waals surface area (Å²) >= 11 is 0. The first-order valence-corrected chi connectivity index (χ1v) is 9.35. The van der Waals surface area contributed by atoms with E-state index in [4.69, 9.17) is 0 Å². The number of nitrogens with zero attached hydrogens (tertiary/aromatic N) is 1. The normalized spacial score (nSPS) is 31.5. The van der Waals surface area contributed by atoms with Crippen LogP contribution in [0.25, 0.3) is 0 Å². The van der Waals surface area contributed by atoms with Crippen molar-refractivity contribution in [1.82, 2.24) is 10.2 Å². The molecule has 1 saturated carbocycles. The zero-order valence-electron chi connectivity index (χ0n) is 13.5. The van der Waals surface area contributed by atoms with E-state index in [9.17, 15) is 4.79 Å². The lowest BCUT2D eigenvalue weighted by molar-refractivity contribution is -0.133. The van der Waals surface area contributed by atoms with E-state index in [-0.39, 0.29) is 0 Å². The first kappa shape index (κ1) is 15.3. The second kappa shape index (κ2) is 7.62. The Morgan fingerprint density at radius 2 is 1.86 bits per heavy atom. The van der Waals surface area contributed by atoms with Gasteiger partial charge in [-0.15, -0.1) is 0 Å². The summed E-state index contributed by atoms with van der Waals surface area (Å²) in [6.07, 6.45) is 13.9. The summed E-state index contributed by atoms with van der Waals surface area (Å²) in [5, 5.41) is 3.52. The monoisotopic (exact) mass is 292 g/mol. The van der Waals surface area contributed by atoms with Crippen molar-refractivity contribution in [2.75, 3.05) is 19.6 Å². The molecule has 21 heavy (non-hydrogen) atoms. The van der Waals surface area contributed by atoms with Crippen molar-refractivity contribution in [2.24, 2.45) is 11.8 Å². The minimum atomic E-state index is 0.452. The van der Waals surface area contributed by atoms with Crippen LogP contribution in [0.1, 0.15) is 70.6 Å². The van der Waals surface area contributed by atoms with Gasteiger partial charge in [-0.05, 0) is 57.0 Å². The molecule has 2 saturated heterocycles. The Hall–Kier alpha value is -0.570. The van der Waals surface area contributed by atoms with Crippen molar-refractivity contribution >= 4 is 5.91 Å². The highest BCUT2D eigenvalue weighted by Gasteiger charge is 2.35. The smallest absolute Gasteiger partial charge is 0.222 e. The maximum absolute atomic E-state index is 12.6. The minimum Gasteiger partial charge on any atom is -0.339 e. The van der Waals surface area contributed by atoms with Crippen LogP contribution >= 0.6 is 0 Å². The van der Waals surface area contributed by atoms with Crippen LogP contribution in [0.3, 0.4) is 0 Å². The van der Waals surface area contributed by atoms with Gasteiger partial charge in [-0.3, -0.25) is 4.79 Å². The van der Waals surface area contributed by atoms with Crippen molar-refractivity contribution in [3.63, 3.8) is 0 Å². The molecule has 3 aliphatic rings. The zero-order chi connectivity index (χ0) is 14.5. The average molecular weight is 292 g/mol. The van der Waals surface area contributed by atoms with Crippen molar-refractivity contribution < 1.29 is 4.79 Å². The third-order valence-corrected chi connectivity index (χ3v) is 5.99. The molecule has 3 heteroatoms. The predicted octanol–water partition coefficient (Wildman–Crippen LogP) is 3.34. The Labute approximate surface area is 129 Å². The summed E-state index contributed by atoms with van der Waals surface area (Å²) in [5.74, 6) is 1.99. The molecule has 2 unspecified atom stereocenters. The fourth-order valence-electron chi connectivity index (χ4n) is 4.75. The molecule has 2 heterocycles. The van der Waals surface area contributed by atoms with Crippen LogP contribution < -0.4 is 5.32 Å².